The molecule has 1 aliphatic rings. The summed E-state index contributed by atoms with van der Waals surface area (Å²) in [6, 6.07) is 7.69. The minimum atomic E-state index is -0.0861. The van der Waals surface area contributed by atoms with Crippen LogP contribution in [-0.4, -0.2) is 56.1 Å². The standard InChI is InChI=1S/C21H28N4O2/c1-15-12-18(13-16(2)19(15)27-4)21(26)23-14-17-6-5-7-22-20(17)25-10-8-24(3)9-11-25/h5-7,12-13H,8-11,14H2,1-4H3,(H,23,26). The van der Waals surface area contributed by atoms with Crippen molar-refractivity contribution in [3.63, 3.8) is 0 Å². The molecule has 6 heteroatoms. The summed E-state index contributed by atoms with van der Waals surface area (Å²) in [5, 5.41) is 3.04. The van der Waals surface area contributed by atoms with Gasteiger partial charge in [0, 0.05) is 50.0 Å². The monoisotopic (exact) mass is 368 g/mol. The van der Waals surface area contributed by atoms with Gasteiger partial charge in [-0.3, -0.25) is 4.79 Å². The average molecular weight is 368 g/mol. The summed E-state index contributed by atoms with van der Waals surface area (Å²) in [6.07, 6.45) is 1.81. The number of piperazine rings is 1. The molecule has 0 spiro atoms. The molecule has 0 atom stereocenters. The van der Waals surface area contributed by atoms with E-state index in [2.05, 4.69) is 27.1 Å². The minimum absolute atomic E-state index is 0.0861. The van der Waals surface area contributed by atoms with Crippen molar-refractivity contribution < 1.29 is 9.53 Å². The van der Waals surface area contributed by atoms with Crippen LogP contribution in [0, 0.1) is 13.8 Å². The molecule has 1 aromatic carbocycles. The van der Waals surface area contributed by atoms with Gasteiger partial charge in [-0.1, -0.05) is 6.07 Å². The number of hydrogen-bond acceptors (Lipinski definition) is 5. The van der Waals surface area contributed by atoms with Gasteiger partial charge in [0.05, 0.1) is 7.11 Å². The molecule has 0 unspecified atom stereocenters. The topological polar surface area (TPSA) is 57.7 Å². The third-order valence-corrected chi connectivity index (χ3v) is 5.04. The van der Waals surface area contributed by atoms with Crippen LogP contribution in [0.3, 0.4) is 0 Å². The highest BCUT2D eigenvalue weighted by atomic mass is 16.5. The minimum Gasteiger partial charge on any atom is -0.496 e. The van der Waals surface area contributed by atoms with Crippen LogP contribution >= 0.6 is 0 Å². The first-order chi connectivity index (χ1) is 13.0. The Kier molecular flexibility index (Phi) is 5.96. The molecule has 0 aliphatic carbocycles. The third-order valence-electron chi connectivity index (χ3n) is 5.04. The number of carbonyl (C=O) groups is 1. The van der Waals surface area contributed by atoms with Crippen LogP contribution in [0.15, 0.2) is 30.5 Å². The molecule has 1 N–H and O–H groups in total. The molecule has 0 saturated carbocycles. The van der Waals surface area contributed by atoms with Crippen molar-refractivity contribution in [1.82, 2.24) is 15.2 Å². The fraction of sp³-hybridized carbons (Fsp3) is 0.429. The Bertz CT molecular complexity index is 791. The normalized spacial score (nSPS) is 14.9. The number of carbonyl (C=O) groups excluding carboxylic acids is 1. The summed E-state index contributed by atoms with van der Waals surface area (Å²) in [6.45, 7) is 8.30. The summed E-state index contributed by atoms with van der Waals surface area (Å²) in [5.74, 6) is 1.71. The summed E-state index contributed by atoms with van der Waals surface area (Å²) < 4.78 is 5.38. The van der Waals surface area contributed by atoms with Crippen LogP contribution < -0.4 is 15.0 Å². The van der Waals surface area contributed by atoms with Crippen molar-refractivity contribution in [3.05, 3.63) is 52.7 Å². The number of hydrogen-bond donors (Lipinski definition) is 1. The van der Waals surface area contributed by atoms with Gasteiger partial charge in [0.2, 0.25) is 0 Å². The van der Waals surface area contributed by atoms with E-state index in [0.717, 1.165) is 54.4 Å². The van der Waals surface area contributed by atoms with Crippen molar-refractivity contribution >= 4 is 11.7 Å². The molecule has 1 aliphatic heterocycles. The number of nitrogens with one attached hydrogen (secondary N) is 1. The average Bonchev–Trinajstić information content (AvgIpc) is 2.67. The Hall–Kier alpha value is -2.60. The lowest BCUT2D eigenvalue weighted by Crippen LogP contribution is -2.45. The number of aryl methyl sites for hydroxylation is 2. The molecular weight excluding hydrogens is 340 g/mol. The maximum absolute atomic E-state index is 12.7. The Balaban J connectivity index is 1.71. The van der Waals surface area contributed by atoms with E-state index in [1.165, 1.54) is 0 Å². The summed E-state index contributed by atoms with van der Waals surface area (Å²) >= 11 is 0. The van der Waals surface area contributed by atoms with Crippen molar-refractivity contribution in [2.75, 3.05) is 45.2 Å². The van der Waals surface area contributed by atoms with Gasteiger partial charge in [0.25, 0.3) is 5.91 Å². The van der Waals surface area contributed by atoms with Gasteiger partial charge >= 0.3 is 0 Å². The van der Waals surface area contributed by atoms with Crippen LogP contribution in [0.25, 0.3) is 0 Å². The highest BCUT2D eigenvalue weighted by molar-refractivity contribution is 5.95. The molecule has 144 valence electrons. The van der Waals surface area contributed by atoms with Crippen LogP contribution in [0.2, 0.25) is 0 Å². The molecule has 0 radical (unpaired) electrons. The van der Waals surface area contributed by atoms with Crippen molar-refractivity contribution in [2.24, 2.45) is 0 Å². The zero-order valence-corrected chi connectivity index (χ0v) is 16.6. The molecule has 1 saturated heterocycles. The molecule has 2 heterocycles. The second kappa shape index (κ2) is 8.39. The molecule has 27 heavy (non-hydrogen) atoms. The number of likely N-dealkylation sites (N-methyl/N-ethyl adjacent to an activating group) is 1. The zero-order valence-electron chi connectivity index (χ0n) is 16.6. The van der Waals surface area contributed by atoms with E-state index in [0.29, 0.717) is 12.1 Å². The van der Waals surface area contributed by atoms with Crippen LogP contribution in [0.4, 0.5) is 5.82 Å². The number of benzene rings is 1. The van der Waals surface area contributed by atoms with Gasteiger partial charge in [0.15, 0.2) is 0 Å². The first-order valence-corrected chi connectivity index (χ1v) is 9.30. The Labute approximate surface area is 161 Å². The fourth-order valence-electron chi connectivity index (χ4n) is 3.55. The first kappa shape index (κ1) is 19.2. The Morgan fingerprint density at radius 3 is 2.48 bits per heavy atom. The van der Waals surface area contributed by atoms with E-state index in [9.17, 15) is 4.79 Å². The predicted octanol–water partition coefficient (Wildman–Crippen LogP) is 2.39. The Morgan fingerprint density at radius 1 is 1.19 bits per heavy atom. The smallest absolute Gasteiger partial charge is 0.251 e. The maximum atomic E-state index is 12.7. The number of rotatable bonds is 5. The van der Waals surface area contributed by atoms with E-state index in [1.54, 1.807) is 7.11 Å². The number of ether oxygens (including phenoxy) is 1. The molecule has 3 rings (SSSR count). The lowest BCUT2D eigenvalue weighted by Gasteiger charge is -2.34. The molecular formula is C21H28N4O2. The van der Waals surface area contributed by atoms with Gasteiger partial charge < -0.3 is 19.9 Å². The van der Waals surface area contributed by atoms with Crippen molar-refractivity contribution in [1.29, 1.82) is 0 Å². The molecule has 1 fully saturated rings. The number of methoxy groups -OCH3 is 1. The number of nitrogens with zero attached hydrogens (tertiary/aromatic N) is 3. The van der Waals surface area contributed by atoms with Gasteiger partial charge in [-0.15, -0.1) is 0 Å². The lowest BCUT2D eigenvalue weighted by atomic mass is 10.0. The van der Waals surface area contributed by atoms with E-state index in [1.807, 2.05) is 44.3 Å². The summed E-state index contributed by atoms with van der Waals surface area (Å²) in [7, 11) is 3.78. The van der Waals surface area contributed by atoms with Gasteiger partial charge in [-0.2, -0.15) is 0 Å². The zero-order chi connectivity index (χ0) is 19.4. The maximum Gasteiger partial charge on any atom is 0.251 e. The van der Waals surface area contributed by atoms with Gasteiger partial charge in [-0.05, 0) is 50.2 Å². The first-order valence-electron chi connectivity index (χ1n) is 9.30. The van der Waals surface area contributed by atoms with Crippen LogP contribution in [0.1, 0.15) is 27.0 Å². The highest BCUT2D eigenvalue weighted by Crippen LogP contribution is 2.24. The molecule has 0 bridgehead atoms. The number of amides is 1. The summed E-state index contributed by atoms with van der Waals surface area (Å²) in [5.41, 5.74) is 3.61. The number of pyridine rings is 1. The van der Waals surface area contributed by atoms with Gasteiger partial charge in [0.1, 0.15) is 11.6 Å². The SMILES string of the molecule is COc1c(C)cc(C(=O)NCc2cccnc2N2CCN(C)CC2)cc1C. The van der Waals surface area contributed by atoms with Crippen LogP contribution in [0.5, 0.6) is 5.75 Å². The lowest BCUT2D eigenvalue weighted by molar-refractivity contribution is 0.0950. The molecule has 1 aromatic heterocycles. The molecule has 6 nitrogen and oxygen atoms in total. The Morgan fingerprint density at radius 2 is 1.85 bits per heavy atom. The predicted molar refractivity (Wildman–Crippen MR) is 108 cm³/mol. The van der Waals surface area contributed by atoms with E-state index < -0.39 is 0 Å². The van der Waals surface area contributed by atoms with Crippen molar-refractivity contribution in [3.8, 4) is 5.75 Å². The highest BCUT2D eigenvalue weighted by Gasteiger charge is 2.18. The molecule has 2 aromatic rings. The van der Waals surface area contributed by atoms with Gasteiger partial charge in [-0.25, -0.2) is 4.98 Å². The fourth-order valence-corrected chi connectivity index (χ4v) is 3.55. The van der Waals surface area contributed by atoms with Crippen LogP contribution in [-0.2, 0) is 6.54 Å². The van der Waals surface area contributed by atoms with E-state index in [4.69, 9.17) is 4.74 Å². The second-order valence-corrected chi connectivity index (χ2v) is 7.10. The molecule has 1 amide bonds. The number of anilines is 1. The third kappa shape index (κ3) is 4.39. The van der Waals surface area contributed by atoms with Crippen molar-refractivity contribution in [2.45, 2.75) is 20.4 Å². The summed E-state index contributed by atoms with van der Waals surface area (Å²) in [4.78, 5) is 21.8. The second-order valence-electron chi connectivity index (χ2n) is 7.10. The van der Waals surface area contributed by atoms with E-state index in [-0.39, 0.29) is 5.91 Å². The number of aromatic nitrogens is 1. The largest absolute Gasteiger partial charge is 0.496 e. The van der Waals surface area contributed by atoms with E-state index >= 15 is 0 Å². The quantitative estimate of drug-likeness (QED) is 0.878.